The van der Waals surface area contributed by atoms with Gasteiger partial charge in [0.1, 0.15) is 0 Å². The Morgan fingerprint density at radius 2 is 0.308 bits per heavy atom. The number of rotatable bonds is 0. The van der Waals surface area contributed by atoms with Gasteiger partial charge in [0.2, 0.25) is 0 Å². The van der Waals surface area contributed by atoms with Crippen molar-refractivity contribution in [3.8, 4) is 0 Å². The van der Waals surface area contributed by atoms with Crippen molar-refractivity contribution in [2.45, 2.75) is 0 Å². The summed E-state index contributed by atoms with van der Waals surface area (Å²) in [5.74, 6) is 0. The molecule has 0 spiro atoms. The van der Waals surface area contributed by atoms with Crippen molar-refractivity contribution in [3.05, 3.63) is 0 Å². The molecule has 19 nitrogen and oxygen atoms in total. The van der Waals surface area contributed by atoms with Gasteiger partial charge < -0.3 is 104 Å². The van der Waals surface area contributed by atoms with Crippen LogP contribution in [0.4, 0.5) is 0 Å². The smallest absolute Gasteiger partial charge is 0.870 e. The summed E-state index contributed by atoms with van der Waals surface area (Å²) < 4.78 is 0. The molecule has 0 aliphatic rings. The van der Waals surface area contributed by atoms with E-state index in [1.165, 1.54) is 0 Å². The van der Waals surface area contributed by atoms with Crippen LogP contribution < -0.4 is 0 Å². The van der Waals surface area contributed by atoms with Gasteiger partial charge in [-0.25, -0.2) is 0 Å². The first kappa shape index (κ1) is 2360. The molecule has 0 saturated carbocycles. The zero-order valence-electron chi connectivity index (χ0n) is 11.6. The molecule has 3 radical (unpaired) electrons. The van der Waals surface area contributed by atoms with Crippen molar-refractivity contribution >= 4 is 17.4 Å². The summed E-state index contributed by atoms with van der Waals surface area (Å²) in [6, 6.07) is 0. The molecular weight excluding hydrogens is 722 g/mol. The SMILES string of the molecule is [Al+3].[Co+2].[Fe+2].[Ni+2].[OH-].[OH-].[OH-].[OH-].[OH-].[OH-].[OH-].[OH-].[OH-].[OH-].[OH-].[OH-].[OH-].[OH-].[OH-].[OH-].[OH-].[OH-].[OH-].[Ru+3].[V].[Zn+2]. The van der Waals surface area contributed by atoms with Gasteiger partial charge in [0, 0.05) is 18.6 Å². The van der Waals surface area contributed by atoms with Crippen LogP contribution in [0, 0.1) is 0 Å². The second kappa shape index (κ2) is 2120. The third-order valence-corrected chi connectivity index (χ3v) is 0. The molecule has 26 heavy (non-hydrogen) atoms. The second-order valence-electron chi connectivity index (χ2n) is 0. The van der Waals surface area contributed by atoms with Gasteiger partial charge in [-0.15, -0.1) is 0 Å². The molecule has 183 valence electrons. The van der Waals surface area contributed by atoms with E-state index in [-0.39, 0.29) is 229 Å². The third-order valence-electron chi connectivity index (χ3n) is 0. The maximum absolute atomic E-state index is 0. The van der Waals surface area contributed by atoms with Crippen LogP contribution in [0.15, 0.2) is 0 Å². The maximum Gasteiger partial charge on any atom is 3.00 e. The Morgan fingerprint density at radius 1 is 0.308 bits per heavy atom. The average Bonchev–Trinajstić information content (AvgIpc) is 0. The van der Waals surface area contributed by atoms with Gasteiger partial charge in [0.15, 0.2) is 0 Å². The van der Waals surface area contributed by atoms with Crippen molar-refractivity contribution in [3.63, 3.8) is 0 Å². The van der Waals surface area contributed by atoms with Crippen molar-refractivity contribution < 1.29 is 212 Å². The quantitative estimate of drug-likeness (QED) is 0.215. The molecule has 0 aromatic heterocycles. The van der Waals surface area contributed by atoms with Gasteiger partial charge in [0.25, 0.3) is 0 Å². The zero-order valence-corrected chi connectivity index (χ0v) is 22.0. The molecular formula is H19AlCoFeNiO19RuVZn-5. The molecule has 0 aliphatic carbocycles. The van der Waals surface area contributed by atoms with Crippen LogP contribution >= 0.6 is 0 Å². The molecule has 0 bridgehead atoms. The Hall–Kier alpha value is 3.12. The standard InChI is InChI=1S/Al.Co.Fe.Ni.19H2O.Ru.V.Zn/h;;;;19*1H2;;;/q+3;3*+2;;;;;;;;;;;;;;;;;;;;+3;;+2/p-19. The minimum atomic E-state index is 0. The van der Waals surface area contributed by atoms with Crippen LogP contribution in [0.1, 0.15) is 0 Å². The van der Waals surface area contributed by atoms with Crippen LogP contribution in [0.2, 0.25) is 0 Å². The molecule has 0 rings (SSSR count). The summed E-state index contributed by atoms with van der Waals surface area (Å²) in [6.07, 6.45) is 0. The third kappa shape index (κ3) is 1900. The molecule has 0 saturated heterocycles. The predicted octanol–water partition coefficient (Wildman–Crippen LogP) is -3.76. The Kier molecular flexibility index (Phi) is 193000. The fourth-order valence-corrected chi connectivity index (χ4v) is 0. The molecule has 0 aromatic carbocycles. The largest absolute Gasteiger partial charge is 3.00 e. The van der Waals surface area contributed by atoms with Gasteiger partial charge in [-0.1, -0.05) is 0 Å². The normalized spacial score (nSPS) is 0. The summed E-state index contributed by atoms with van der Waals surface area (Å²) in [6.45, 7) is 0. The van der Waals surface area contributed by atoms with Crippen LogP contribution in [-0.2, 0) is 108 Å². The van der Waals surface area contributed by atoms with Gasteiger partial charge in [-0.05, 0) is 0 Å². The molecule has 19 N–H and O–H groups in total. The Morgan fingerprint density at radius 3 is 0.308 bits per heavy atom. The first-order chi connectivity index (χ1) is 0. The molecule has 0 aliphatic heterocycles. The molecule has 0 fully saturated rings. The minimum absolute atomic E-state index is 0. The monoisotopic (exact) mass is 740 g/mol. The van der Waals surface area contributed by atoms with Crippen molar-refractivity contribution in [2.24, 2.45) is 0 Å². The number of hydrogen-bond acceptors (Lipinski definition) is 19. The summed E-state index contributed by atoms with van der Waals surface area (Å²) >= 11 is 0. The van der Waals surface area contributed by atoms with Crippen LogP contribution in [0.5, 0.6) is 0 Å². The van der Waals surface area contributed by atoms with Gasteiger partial charge in [-0.2, -0.15) is 0 Å². The summed E-state index contributed by atoms with van der Waals surface area (Å²) in [4.78, 5) is 0. The van der Waals surface area contributed by atoms with Gasteiger partial charge in [-0.3, -0.25) is 0 Å². The molecule has 0 unspecified atom stereocenters. The molecule has 0 atom stereocenters. The van der Waals surface area contributed by atoms with E-state index in [1.807, 2.05) is 0 Å². The van der Waals surface area contributed by atoms with Crippen molar-refractivity contribution in [1.29, 1.82) is 0 Å². The topological polar surface area (TPSA) is 570 Å². The first-order valence-electron chi connectivity index (χ1n) is 0. The van der Waals surface area contributed by atoms with E-state index >= 15 is 0 Å². The Balaban J connectivity index is 0. The minimum Gasteiger partial charge on any atom is -0.870 e. The Labute approximate surface area is 227 Å². The molecule has 26 heteroatoms. The van der Waals surface area contributed by atoms with Crippen molar-refractivity contribution in [1.82, 2.24) is 0 Å². The van der Waals surface area contributed by atoms with E-state index in [0.717, 1.165) is 0 Å². The summed E-state index contributed by atoms with van der Waals surface area (Å²) in [5, 5.41) is 0. The fourth-order valence-electron chi connectivity index (χ4n) is 0. The second-order valence-corrected chi connectivity index (χ2v) is 0. The van der Waals surface area contributed by atoms with E-state index in [0.29, 0.717) is 0 Å². The van der Waals surface area contributed by atoms with E-state index in [4.69, 9.17) is 0 Å². The maximum atomic E-state index is 0. The number of hydrogen-bond donors (Lipinski definition) is 0. The van der Waals surface area contributed by atoms with E-state index in [1.54, 1.807) is 0 Å². The van der Waals surface area contributed by atoms with E-state index in [9.17, 15) is 0 Å². The molecule has 0 heterocycles. The van der Waals surface area contributed by atoms with Crippen molar-refractivity contribution in [2.75, 3.05) is 0 Å². The van der Waals surface area contributed by atoms with E-state index < -0.39 is 0 Å². The summed E-state index contributed by atoms with van der Waals surface area (Å²) in [7, 11) is 0. The van der Waals surface area contributed by atoms with Crippen LogP contribution in [0.25, 0.3) is 0 Å². The Bertz CT molecular complexity index is 41.5. The molecule has 0 aromatic rings. The molecule has 0 amide bonds. The van der Waals surface area contributed by atoms with Gasteiger partial charge >= 0.3 is 107 Å². The van der Waals surface area contributed by atoms with Gasteiger partial charge in [0.05, 0.1) is 0 Å². The van der Waals surface area contributed by atoms with Crippen LogP contribution in [0.3, 0.4) is 0 Å². The average molecular weight is 741 g/mol. The predicted molar refractivity (Wildman–Crippen MR) is 42.5 cm³/mol. The summed E-state index contributed by atoms with van der Waals surface area (Å²) in [5.41, 5.74) is 0. The fraction of sp³-hybridized carbons (Fsp3) is 0. The van der Waals surface area contributed by atoms with Crippen LogP contribution in [-0.4, -0.2) is 121 Å². The zero-order chi connectivity index (χ0) is 0. The van der Waals surface area contributed by atoms with E-state index in [2.05, 4.69) is 0 Å². The first-order valence-corrected chi connectivity index (χ1v) is 0.